The van der Waals surface area contributed by atoms with E-state index in [4.69, 9.17) is 4.74 Å². The number of anilines is 1. The van der Waals surface area contributed by atoms with Crippen molar-refractivity contribution in [2.75, 3.05) is 31.1 Å². The predicted octanol–water partition coefficient (Wildman–Crippen LogP) is 1.98. The molecule has 2 saturated carbocycles. The van der Waals surface area contributed by atoms with E-state index in [2.05, 4.69) is 19.8 Å². The summed E-state index contributed by atoms with van der Waals surface area (Å²) in [6, 6.07) is 0. The van der Waals surface area contributed by atoms with Gasteiger partial charge in [-0.25, -0.2) is 9.97 Å². The fourth-order valence-electron chi connectivity index (χ4n) is 5.82. The minimum atomic E-state index is 0.270. The Balaban J connectivity index is 1.10. The average molecular weight is 354 g/mol. The van der Waals surface area contributed by atoms with Gasteiger partial charge in [-0.15, -0.1) is 0 Å². The first kappa shape index (κ1) is 15.4. The number of fused-ring (bicyclic) bond motifs is 2. The molecule has 3 atom stereocenters. The van der Waals surface area contributed by atoms with Gasteiger partial charge in [0.25, 0.3) is 0 Å². The van der Waals surface area contributed by atoms with Crippen LogP contribution in [0.1, 0.15) is 43.4 Å². The second kappa shape index (κ2) is 5.41. The molecule has 1 aromatic rings. The molecule has 138 valence electrons. The molecule has 3 aliphatic heterocycles. The van der Waals surface area contributed by atoms with Crippen LogP contribution in [0.5, 0.6) is 0 Å². The summed E-state index contributed by atoms with van der Waals surface area (Å²) in [4.78, 5) is 26.7. The number of amides is 1. The third-order valence-corrected chi connectivity index (χ3v) is 7.42. The fourth-order valence-corrected chi connectivity index (χ4v) is 5.82. The minimum absolute atomic E-state index is 0.270. The Morgan fingerprint density at radius 1 is 1.23 bits per heavy atom. The van der Waals surface area contributed by atoms with Crippen LogP contribution in [0.3, 0.4) is 0 Å². The first-order valence-electron chi connectivity index (χ1n) is 10.2. The van der Waals surface area contributed by atoms with Gasteiger partial charge in [0.2, 0.25) is 11.9 Å². The maximum Gasteiger partial charge on any atom is 0.225 e. The normalized spacial score (nSPS) is 33.8. The van der Waals surface area contributed by atoms with E-state index in [0.717, 1.165) is 62.1 Å². The number of nitrogens with zero attached hydrogens (tertiary/aromatic N) is 4. The number of hydrogen-bond acceptors (Lipinski definition) is 5. The molecule has 26 heavy (non-hydrogen) atoms. The van der Waals surface area contributed by atoms with Crippen LogP contribution in [0.2, 0.25) is 0 Å². The summed E-state index contributed by atoms with van der Waals surface area (Å²) in [5.74, 6) is 3.21. The molecule has 4 fully saturated rings. The molecule has 0 bridgehead atoms. The third kappa shape index (κ3) is 2.30. The molecule has 6 rings (SSSR count). The molecule has 6 heteroatoms. The van der Waals surface area contributed by atoms with Crippen LogP contribution in [0.15, 0.2) is 6.20 Å². The Morgan fingerprint density at radius 2 is 2.15 bits per heavy atom. The lowest BCUT2D eigenvalue weighted by atomic mass is 9.79. The summed E-state index contributed by atoms with van der Waals surface area (Å²) in [5, 5.41) is 0. The van der Waals surface area contributed by atoms with Crippen molar-refractivity contribution in [1.29, 1.82) is 0 Å². The van der Waals surface area contributed by atoms with E-state index in [9.17, 15) is 4.79 Å². The monoisotopic (exact) mass is 354 g/mol. The molecule has 1 aromatic heterocycles. The highest BCUT2D eigenvalue weighted by molar-refractivity contribution is 5.80. The van der Waals surface area contributed by atoms with Gasteiger partial charge in [-0.1, -0.05) is 12.8 Å². The molecule has 2 aliphatic carbocycles. The zero-order valence-electron chi connectivity index (χ0n) is 15.2. The SMILES string of the molecule is O=C(C1CCCC2CC21)N1CCC2(C1)CN(c1ncc3c(n1)COC3)C2. The topological polar surface area (TPSA) is 58.6 Å². The van der Waals surface area contributed by atoms with E-state index < -0.39 is 0 Å². The van der Waals surface area contributed by atoms with Gasteiger partial charge >= 0.3 is 0 Å². The maximum atomic E-state index is 13.0. The van der Waals surface area contributed by atoms with E-state index in [0.29, 0.717) is 31.0 Å². The van der Waals surface area contributed by atoms with Crippen LogP contribution >= 0.6 is 0 Å². The molecular weight excluding hydrogens is 328 g/mol. The predicted molar refractivity (Wildman–Crippen MR) is 95.3 cm³/mol. The number of likely N-dealkylation sites (tertiary alicyclic amines) is 1. The van der Waals surface area contributed by atoms with E-state index in [1.54, 1.807) is 0 Å². The number of hydrogen-bond donors (Lipinski definition) is 0. The molecule has 6 nitrogen and oxygen atoms in total. The summed E-state index contributed by atoms with van der Waals surface area (Å²) in [6.45, 7) is 5.08. The Morgan fingerprint density at radius 3 is 3.08 bits per heavy atom. The Labute approximate surface area is 153 Å². The van der Waals surface area contributed by atoms with Gasteiger partial charge in [0, 0.05) is 49.3 Å². The van der Waals surface area contributed by atoms with Gasteiger partial charge in [0.15, 0.2) is 0 Å². The largest absolute Gasteiger partial charge is 0.370 e. The van der Waals surface area contributed by atoms with Gasteiger partial charge in [0.05, 0.1) is 18.9 Å². The zero-order valence-corrected chi connectivity index (χ0v) is 15.2. The van der Waals surface area contributed by atoms with Gasteiger partial charge < -0.3 is 14.5 Å². The smallest absolute Gasteiger partial charge is 0.225 e. The maximum absolute atomic E-state index is 13.0. The van der Waals surface area contributed by atoms with Crippen molar-refractivity contribution in [3.63, 3.8) is 0 Å². The lowest BCUT2D eigenvalue weighted by Crippen LogP contribution is -2.58. The van der Waals surface area contributed by atoms with Crippen molar-refractivity contribution < 1.29 is 9.53 Å². The lowest BCUT2D eigenvalue weighted by molar-refractivity contribution is -0.136. The van der Waals surface area contributed by atoms with Crippen LogP contribution in [0, 0.1) is 23.2 Å². The van der Waals surface area contributed by atoms with Crippen molar-refractivity contribution in [1.82, 2.24) is 14.9 Å². The van der Waals surface area contributed by atoms with Gasteiger partial charge in [-0.05, 0) is 31.1 Å². The van der Waals surface area contributed by atoms with Crippen molar-refractivity contribution >= 4 is 11.9 Å². The number of ether oxygens (including phenoxy) is 1. The van der Waals surface area contributed by atoms with Crippen LogP contribution in [-0.2, 0) is 22.7 Å². The first-order chi connectivity index (χ1) is 12.7. The molecule has 3 unspecified atom stereocenters. The van der Waals surface area contributed by atoms with E-state index in [-0.39, 0.29) is 5.41 Å². The number of aromatic nitrogens is 2. The van der Waals surface area contributed by atoms with Gasteiger partial charge in [-0.3, -0.25) is 4.79 Å². The van der Waals surface area contributed by atoms with Crippen molar-refractivity contribution in [3.05, 3.63) is 17.5 Å². The molecule has 1 spiro atoms. The second-order valence-electron chi connectivity index (χ2n) is 9.20. The molecule has 4 heterocycles. The Hall–Kier alpha value is -1.69. The third-order valence-electron chi connectivity index (χ3n) is 7.42. The van der Waals surface area contributed by atoms with E-state index >= 15 is 0 Å². The van der Waals surface area contributed by atoms with Crippen molar-refractivity contribution in [2.45, 2.75) is 45.3 Å². The number of carbonyl (C=O) groups is 1. The van der Waals surface area contributed by atoms with Gasteiger partial charge in [-0.2, -0.15) is 0 Å². The summed E-state index contributed by atoms with van der Waals surface area (Å²) in [7, 11) is 0. The first-order valence-corrected chi connectivity index (χ1v) is 10.2. The Kier molecular flexibility index (Phi) is 3.20. The summed E-state index contributed by atoms with van der Waals surface area (Å²) in [5.41, 5.74) is 2.43. The van der Waals surface area contributed by atoms with E-state index in [1.807, 2.05) is 6.20 Å². The molecule has 5 aliphatic rings. The highest BCUT2D eigenvalue weighted by Crippen LogP contribution is 2.54. The highest BCUT2D eigenvalue weighted by atomic mass is 16.5. The van der Waals surface area contributed by atoms with Crippen LogP contribution in [0.25, 0.3) is 0 Å². The Bertz CT molecular complexity index is 760. The zero-order chi connectivity index (χ0) is 17.3. The number of carbonyl (C=O) groups excluding carboxylic acids is 1. The standard InChI is InChI=1S/C20H26N4O2/c25-18(15-3-1-2-13-6-16(13)15)23-5-4-20(10-23)11-24(12-20)19-21-7-14-8-26-9-17(14)22-19/h7,13,15-16H,1-6,8-12H2. The van der Waals surface area contributed by atoms with Crippen LogP contribution < -0.4 is 4.90 Å². The fraction of sp³-hybridized carbons (Fsp3) is 0.750. The highest BCUT2D eigenvalue weighted by Gasteiger charge is 2.53. The summed E-state index contributed by atoms with van der Waals surface area (Å²) < 4.78 is 5.44. The minimum Gasteiger partial charge on any atom is -0.370 e. The molecule has 0 N–H and O–H groups in total. The molecule has 0 aromatic carbocycles. The average Bonchev–Trinajstić information content (AvgIpc) is 3.07. The summed E-state index contributed by atoms with van der Waals surface area (Å²) in [6.07, 6.45) is 8.09. The van der Waals surface area contributed by atoms with Gasteiger partial charge in [0.1, 0.15) is 0 Å². The molecular formula is C20H26N4O2. The van der Waals surface area contributed by atoms with E-state index in [1.165, 1.54) is 19.3 Å². The van der Waals surface area contributed by atoms with Crippen LogP contribution in [0.4, 0.5) is 5.95 Å². The lowest BCUT2D eigenvalue weighted by Gasteiger charge is -2.48. The van der Waals surface area contributed by atoms with Crippen molar-refractivity contribution in [3.8, 4) is 0 Å². The molecule has 2 saturated heterocycles. The molecule has 1 amide bonds. The van der Waals surface area contributed by atoms with Crippen LogP contribution in [-0.4, -0.2) is 47.0 Å². The second-order valence-corrected chi connectivity index (χ2v) is 9.20. The molecule has 0 radical (unpaired) electrons. The summed E-state index contributed by atoms with van der Waals surface area (Å²) >= 11 is 0. The quantitative estimate of drug-likeness (QED) is 0.813. The number of rotatable bonds is 2. The van der Waals surface area contributed by atoms with Crippen molar-refractivity contribution in [2.24, 2.45) is 23.2 Å².